The van der Waals surface area contributed by atoms with Crippen molar-refractivity contribution in [3.8, 4) is 0 Å². The molecule has 0 aliphatic carbocycles. The molecule has 1 unspecified atom stereocenters. The average Bonchev–Trinajstić information content (AvgIpc) is 2.84. The summed E-state index contributed by atoms with van der Waals surface area (Å²) in [6, 6.07) is 5.70. The summed E-state index contributed by atoms with van der Waals surface area (Å²) in [5, 5.41) is 4.12. The second kappa shape index (κ2) is 4.84. The Bertz CT molecular complexity index is 463. The van der Waals surface area contributed by atoms with Gasteiger partial charge in [0, 0.05) is 18.9 Å². The Balaban J connectivity index is 1.93. The van der Waals surface area contributed by atoms with Gasteiger partial charge in [-0.15, -0.1) is 0 Å². The van der Waals surface area contributed by atoms with Crippen molar-refractivity contribution in [2.45, 2.75) is 18.9 Å². The van der Waals surface area contributed by atoms with E-state index in [0.29, 0.717) is 0 Å². The fraction of sp³-hybridized carbons (Fsp3) is 0.364. The van der Waals surface area contributed by atoms with Gasteiger partial charge in [0.1, 0.15) is 5.76 Å². The molecule has 2 rings (SSSR count). The molecule has 0 aliphatic rings. The highest BCUT2D eigenvalue weighted by molar-refractivity contribution is 9.10. The van der Waals surface area contributed by atoms with E-state index in [0.717, 1.165) is 23.3 Å². The number of hydrogen-bond donors (Lipinski definition) is 1. The SMILES string of the molecule is Cn1nccc1CCC(N)c1ccc(Br)o1. The minimum Gasteiger partial charge on any atom is -0.453 e. The van der Waals surface area contributed by atoms with E-state index in [1.165, 1.54) is 5.69 Å². The number of aryl methyl sites for hydroxylation is 2. The summed E-state index contributed by atoms with van der Waals surface area (Å²) in [5.74, 6) is 0.814. The zero-order valence-electron chi connectivity index (χ0n) is 9.06. The van der Waals surface area contributed by atoms with Crippen LogP contribution < -0.4 is 5.73 Å². The second-order valence-corrected chi connectivity index (χ2v) is 4.51. The lowest BCUT2D eigenvalue weighted by Crippen LogP contribution is -2.11. The van der Waals surface area contributed by atoms with Crippen molar-refractivity contribution in [1.29, 1.82) is 0 Å². The normalized spacial score (nSPS) is 12.9. The summed E-state index contributed by atoms with van der Waals surface area (Å²) >= 11 is 3.27. The van der Waals surface area contributed by atoms with Gasteiger partial charge in [-0.05, 0) is 47.0 Å². The minimum absolute atomic E-state index is 0.0683. The predicted molar refractivity (Wildman–Crippen MR) is 64.9 cm³/mol. The summed E-state index contributed by atoms with van der Waals surface area (Å²) in [4.78, 5) is 0. The fourth-order valence-corrected chi connectivity index (χ4v) is 1.94. The molecule has 2 heterocycles. The lowest BCUT2D eigenvalue weighted by molar-refractivity contribution is 0.435. The molecular weight excluding hydrogens is 270 g/mol. The van der Waals surface area contributed by atoms with Crippen LogP contribution in [-0.2, 0) is 13.5 Å². The maximum absolute atomic E-state index is 6.03. The molecule has 0 bridgehead atoms. The third-order valence-corrected chi connectivity index (χ3v) is 3.02. The zero-order chi connectivity index (χ0) is 11.5. The fourth-order valence-electron chi connectivity index (χ4n) is 1.62. The van der Waals surface area contributed by atoms with E-state index in [4.69, 9.17) is 10.2 Å². The van der Waals surface area contributed by atoms with Gasteiger partial charge >= 0.3 is 0 Å². The molecule has 0 amide bonds. The number of furan rings is 1. The molecular formula is C11H14BrN3O. The Labute approximate surface area is 103 Å². The predicted octanol–water partition coefficient (Wildman–Crippen LogP) is 2.41. The van der Waals surface area contributed by atoms with Gasteiger partial charge in [-0.2, -0.15) is 5.10 Å². The second-order valence-electron chi connectivity index (χ2n) is 3.73. The molecule has 0 aliphatic heterocycles. The first-order valence-corrected chi connectivity index (χ1v) is 5.94. The molecule has 0 saturated heterocycles. The van der Waals surface area contributed by atoms with Crippen LogP contribution in [0.15, 0.2) is 33.5 Å². The minimum atomic E-state index is -0.0683. The molecule has 2 N–H and O–H groups in total. The third kappa shape index (κ3) is 2.54. The smallest absolute Gasteiger partial charge is 0.169 e. The molecule has 0 aromatic carbocycles. The van der Waals surface area contributed by atoms with Crippen molar-refractivity contribution < 1.29 is 4.42 Å². The number of halogens is 1. The van der Waals surface area contributed by atoms with Crippen LogP contribution in [-0.4, -0.2) is 9.78 Å². The molecule has 4 nitrogen and oxygen atoms in total. The molecule has 0 fully saturated rings. The number of nitrogens with two attached hydrogens (primary N) is 1. The Kier molecular flexibility index (Phi) is 3.46. The van der Waals surface area contributed by atoms with Crippen LogP contribution in [0, 0.1) is 0 Å². The van der Waals surface area contributed by atoms with Crippen molar-refractivity contribution in [2.24, 2.45) is 12.8 Å². The quantitative estimate of drug-likeness (QED) is 0.938. The summed E-state index contributed by atoms with van der Waals surface area (Å²) < 4.78 is 8.00. The van der Waals surface area contributed by atoms with Crippen molar-refractivity contribution in [3.05, 3.63) is 40.5 Å². The lowest BCUT2D eigenvalue weighted by Gasteiger charge is -2.08. The monoisotopic (exact) mass is 283 g/mol. The van der Waals surface area contributed by atoms with Gasteiger partial charge in [0.2, 0.25) is 0 Å². The largest absolute Gasteiger partial charge is 0.453 e. The van der Waals surface area contributed by atoms with Crippen LogP contribution in [0.2, 0.25) is 0 Å². The maximum atomic E-state index is 6.03. The highest BCUT2D eigenvalue weighted by Crippen LogP contribution is 2.22. The van der Waals surface area contributed by atoms with Crippen LogP contribution in [0.5, 0.6) is 0 Å². The van der Waals surface area contributed by atoms with Gasteiger partial charge < -0.3 is 10.2 Å². The Morgan fingerprint density at radius 1 is 1.50 bits per heavy atom. The lowest BCUT2D eigenvalue weighted by atomic mass is 10.1. The molecule has 0 spiro atoms. The van der Waals surface area contributed by atoms with Gasteiger partial charge in [-0.3, -0.25) is 4.68 Å². The van der Waals surface area contributed by atoms with E-state index in [1.807, 2.05) is 29.9 Å². The zero-order valence-corrected chi connectivity index (χ0v) is 10.6. The van der Waals surface area contributed by atoms with E-state index in [-0.39, 0.29) is 6.04 Å². The average molecular weight is 284 g/mol. The Morgan fingerprint density at radius 2 is 2.31 bits per heavy atom. The van der Waals surface area contributed by atoms with Gasteiger partial charge in [0.15, 0.2) is 4.67 Å². The third-order valence-electron chi connectivity index (χ3n) is 2.59. The molecule has 0 saturated carbocycles. The van der Waals surface area contributed by atoms with Crippen LogP contribution in [0.3, 0.4) is 0 Å². The van der Waals surface area contributed by atoms with E-state index in [9.17, 15) is 0 Å². The summed E-state index contributed by atoms with van der Waals surface area (Å²) in [6.07, 6.45) is 3.54. The standard InChI is InChI=1S/C11H14BrN3O/c1-15-8(6-7-14-15)2-3-9(13)10-4-5-11(12)16-10/h4-7,9H,2-3,13H2,1H3. The van der Waals surface area contributed by atoms with E-state index >= 15 is 0 Å². The maximum Gasteiger partial charge on any atom is 0.169 e. The Morgan fingerprint density at radius 3 is 2.88 bits per heavy atom. The first-order chi connectivity index (χ1) is 7.66. The molecule has 86 valence electrons. The van der Waals surface area contributed by atoms with E-state index < -0.39 is 0 Å². The molecule has 2 aromatic rings. The van der Waals surface area contributed by atoms with Crippen molar-refractivity contribution in [2.75, 3.05) is 0 Å². The first kappa shape index (κ1) is 11.4. The van der Waals surface area contributed by atoms with E-state index in [2.05, 4.69) is 21.0 Å². The molecule has 0 radical (unpaired) electrons. The van der Waals surface area contributed by atoms with Gasteiger partial charge in [0.05, 0.1) is 6.04 Å². The van der Waals surface area contributed by atoms with Crippen LogP contribution in [0.4, 0.5) is 0 Å². The van der Waals surface area contributed by atoms with Crippen LogP contribution in [0.1, 0.15) is 23.9 Å². The van der Waals surface area contributed by atoms with Crippen molar-refractivity contribution in [3.63, 3.8) is 0 Å². The molecule has 16 heavy (non-hydrogen) atoms. The van der Waals surface area contributed by atoms with Crippen molar-refractivity contribution >= 4 is 15.9 Å². The number of hydrogen-bond acceptors (Lipinski definition) is 3. The first-order valence-electron chi connectivity index (χ1n) is 5.14. The van der Waals surface area contributed by atoms with Crippen molar-refractivity contribution in [1.82, 2.24) is 9.78 Å². The highest BCUT2D eigenvalue weighted by atomic mass is 79.9. The summed E-state index contributed by atoms with van der Waals surface area (Å²) in [6.45, 7) is 0. The number of rotatable bonds is 4. The summed E-state index contributed by atoms with van der Waals surface area (Å²) in [5.41, 5.74) is 7.21. The number of aromatic nitrogens is 2. The van der Waals surface area contributed by atoms with E-state index in [1.54, 1.807) is 6.20 Å². The van der Waals surface area contributed by atoms with Crippen LogP contribution in [0.25, 0.3) is 0 Å². The molecule has 1 atom stereocenters. The molecule has 5 heteroatoms. The summed E-state index contributed by atoms with van der Waals surface area (Å²) in [7, 11) is 1.93. The van der Waals surface area contributed by atoms with Gasteiger partial charge in [0.25, 0.3) is 0 Å². The molecule has 2 aromatic heterocycles. The van der Waals surface area contributed by atoms with Gasteiger partial charge in [-0.25, -0.2) is 0 Å². The Hall–Kier alpha value is -1.07. The number of nitrogens with zero attached hydrogens (tertiary/aromatic N) is 2. The highest BCUT2D eigenvalue weighted by Gasteiger charge is 2.11. The van der Waals surface area contributed by atoms with Gasteiger partial charge in [-0.1, -0.05) is 0 Å². The van der Waals surface area contributed by atoms with Crippen LogP contribution >= 0.6 is 15.9 Å². The topological polar surface area (TPSA) is 57.0 Å².